The van der Waals surface area contributed by atoms with Crippen LogP contribution in [0.4, 0.5) is 0 Å². The van der Waals surface area contributed by atoms with Gasteiger partial charge in [-0.05, 0) is 38.8 Å². The Hall–Kier alpha value is -0.300. The van der Waals surface area contributed by atoms with Crippen LogP contribution in [0.5, 0.6) is 0 Å². The highest BCUT2D eigenvalue weighted by Gasteiger charge is 2.01. The second-order valence-electron chi connectivity index (χ2n) is 3.78. The third kappa shape index (κ3) is 6.83. The largest absolute Gasteiger partial charge is 0.317 e. The lowest BCUT2D eigenvalue weighted by atomic mass is 9.97. The molecule has 13 heavy (non-hydrogen) atoms. The standard InChI is InChI=1S/C12H25N/c1-5-8-11(3)12(4)9-7-10-13-6-2/h9,11,13H,5-8,10H2,1-4H3. The van der Waals surface area contributed by atoms with Gasteiger partial charge in [-0.1, -0.05) is 38.8 Å². The van der Waals surface area contributed by atoms with Gasteiger partial charge < -0.3 is 5.32 Å². The van der Waals surface area contributed by atoms with E-state index in [2.05, 4.69) is 39.1 Å². The van der Waals surface area contributed by atoms with Crippen LogP contribution in [0.2, 0.25) is 0 Å². The van der Waals surface area contributed by atoms with Crippen molar-refractivity contribution in [2.45, 2.75) is 47.0 Å². The van der Waals surface area contributed by atoms with Crippen molar-refractivity contribution >= 4 is 0 Å². The zero-order valence-electron chi connectivity index (χ0n) is 9.69. The fourth-order valence-electron chi connectivity index (χ4n) is 1.44. The van der Waals surface area contributed by atoms with Crippen LogP contribution >= 0.6 is 0 Å². The molecule has 0 amide bonds. The monoisotopic (exact) mass is 183 g/mol. The summed E-state index contributed by atoms with van der Waals surface area (Å²) >= 11 is 0. The molecule has 0 heterocycles. The van der Waals surface area contributed by atoms with Crippen LogP contribution in [0.15, 0.2) is 11.6 Å². The number of rotatable bonds is 7. The van der Waals surface area contributed by atoms with Gasteiger partial charge in [-0.25, -0.2) is 0 Å². The van der Waals surface area contributed by atoms with Gasteiger partial charge in [0, 0.05) is 0 Å². The molecule has 1 nitrogen and oxygen atoms in total. The first-order chi connectivity index (χ1) is 6.22. The van der Waals surface area contributed by atoms with Crippen molar-refractivity contribution in [2.24, 2.45) is 5.92 Å². The molecular weight excluding hydrogens is 158 g/mol. The van der Waals surface area contributed by atoms with Crippen LogP contribution in [0.25, 0.3) is 0 Å². The molecule has 0 bridgehead atoms. The van der Waals surface area contributed by atoms with Crippen LogP contribution < -0.4 is 5.32 Å². The topological polar surface area (TPSA) is 12.0 Å². The van der Waals surface area contributed by atoms with Crippen molar-refractivity contribution in [2.75, 3.05) is 13.1 Å². The van der Waals surface area contributed by atoms with E-state index in [0.717, 1.165) is 19.0 Å². The highest BCUT2D eigenvalue weighted by atomic mass is 14.8. The highest BCUT2D eigenvalue weighted by Crippen LogP contribution is 2.15. The Morgan fingerprint density at radius 3 is 2.62 bits per heavy atom. The molecule has 0 aliphatic carbocycles. The van der Waals surface area contributed by atoms with Crippen LogP contribution in [0.3, 0.4) is 0 Å². The second-order valence-corrected chi connectivity index (χ2v) is 3.78. The van der Waals surface area contributed by atoms with Gasteiger partial charge in [-0.15, -0.1) is 0 Å². The zero-order valence-corrected chi connectivity index (χ0v) is 9.69. The van der Waals surface area contributed by atoms with Crippen LogP contribution in [0.1, 0.15) is 47.0 Å². The molecule has 1 N–H and O–H groups in total. The SMILES string of the molecule is CCCC(C)C(C)=CCCNCC. The van der Waals surface area contributed by atoms with Crippen molar-refractivity contribution in [1.82, 2.24) is 5.32 Å². The quantitative estimate of drug-likeness (QED) is 0.471. The summed E-state index contributed by atoms with van der Waals surface area (Å²) in [6, 6.07) is 0. The maximum absolute atomic E-state index is 3.33. The van der Waals surface area contributed by atoms with Gasteiger partial charge in [-0.3, -0.25) is 0 Å². The maximum Gasteiger partial charge on any atom is -0.00143 e. The summed E-state index contributed by atoms with van der Waals surface area (Å²) in [4.78, 5) is 0. The number of nitrogens with one attached hydrogen (secondary N) is 1. The Labute approximate surface area is 83.6 Å². The highest BCUT2D eigenvalue weighted by molar-refractivity contribution is 5.02. The molecule has 0 fully saturated rings. The Morgan fingerprint density at radius 1 is 1.38 bits per heavy atom. The van der Waals surface area contributed by atoms with Crippen molar-refractivity contribution in [1.29, 1.82) is 0 Å². The Balaban J connectivity index is 3.60. The first-order valence-electron chi connectivity index (χ1n) is 5.59. The minimum Gasteiger partial charge on any atom is -0.317 e. The molecule has 0 spiro atoms. The molecule has 1 atom stereocenters. The van der Waals surface area contributed by atoms with Gasteiger partial charge in [0.25, 0.3) is 0 Å². The number of hydrogen-bond acceptors (Lipinski definition) is 1. The molecule has 1 unspecified atom stereocenters. The summed E-state index contributed by atoms with van der Waals surface area (Å²) in [7, 11) is 0. The first kappa shape index (κ1) is 12.7. The van der Waals surface area contributed by atoms with E-state index >= 15 is 0 Å². The van der Waals surface area contributed by atoms with Gasteiger partial charge in [0.05, 0.1) is 0 Å². The normalized spacial score (nSPS) is 14.6. The van der Waals surface area contributed by atoms with E-state index in [9.17, 15) is 0 Å². The molecule has 0 aromatic carbocycles. The summed E-state index contributed by atoms with van der Waals surface area (Å²) < 4.78 is 0. The van der Waals surface area contributed by atoms with Gasteiger partial charge >= 0.3 is 0 Å². The number of hydrogen-bond donors (Lipinski definition) is 1. The summed E-state index contributed by atoms with van der Waals surface area (Å²) in [5.74, 6) is 0.770. The van der Waals surface area contributed by atoms with Crippen molar-refractivity contribution in [3.63, 3.8) is 0 Å². The summed E-state index contributed by atoms with van der Waals surface area (Å²) in [5.41, 5.74) is 1.56. The van der Waals surface area contributed by atoms with E-state index in [4.69, 9.17) is 0 Å². The zero-order chi connectivity index (χ0) is 10.1. The molecular formula is C12H25N. The predicted molar refractivity (Wildman–Crippen MR) is 61.0 cm³/mol. The van der Waals surface area contributed by atoms with E-state index < -0.39 is 0 Å². The Kier molecular flexibility index (Phi) is 8.11. The Morgan fingerprint density at radius 2 is 2.08 bits per heavy atom. The summed E-state index contributed by atoms with van der Waals surface area (Å²) in [5, 5.41) is 3.33. The average molecular weight is 183 g/mol. The molecule has 0 saturated heterocycles. The van der Waals surface area contributed by atoms with E-state index in [0.29, 0.717) is 0 Å². The molecule has 0 aliphatic heterocycles. The van der Waals surface area contributed by atoms with Gasteiger partial charge in [0.2, 0.25) is 0 Å². The Bertz CT molecular complexity index is 138. The lowest BCUT2D eigenvalue weighted by Gasteiger charge is -2.10. The predicted octanol–water partition coefficient (Wildman–Crippen LogP) is 3.37. The molecule has 78 valence electrons. The summed E-state index contributed by atoms with van der Waals surface area (Å²) in [6.45, 7) is 11.2. The van der Waals surface area contributed by atoms with E-state index in [1.807, 2.05) is 0 Å². The fourth-order valence-corrected chi connectivity index (χ4v) is 1.44. The van der Waals surface area contributed by atoms with Crippen molar-refractivity contribution < 1.29 is 0 Å². The van der Waals surface area contributed by atoms with Gasteiger partial charge in [0.15, 0.2) is 0 Å². The minimum absolute atomic E-state index is 0.770. The molecule has 0 aromatic rings. The van der Waals surface area contributed by atoms with E-state index in [1.54, 1.807) is 5.57 Å². The van der Waals surface area contributed by atoms with E-state index in [-0.39, 0.29) is 0 Å². The van der Waals surface area contributed by atoms with Crippen LogP contribution in [-0.2, 0) is 0 Å². The first-order valence-corrected chi connectivity index (χ1v) is 5.59. The van der Waals surface area contributed by atoms with Crippen LogP contribution in [-0.4, -0.2) is 13.1 Å². The van der Waals surface area contributed by atoms with Crippen molar-refractivity contribution in [3.8, 4) is 0 Å². The molecule has 0 aromatic heterocycles. The van der Waals surface area contributed by atoms with Crippen molar-refractivity contribution in [3.05, 3.63) is 11.6 Å². The third-order valence-electron chi connectivity index (χ3n) is 2.54. The molecule has 0 aliphatic rings. The number of allylic oxidation sites excluding steroid dienone is 1. The molecule has 0 saturated carbocycles. The lowest BCUT2D eigenvalue weighted by Crippen LogP contribution is -2.13. The third-order valence-corrected chi connectivity index (χ3v) is 2.54. The maximum atomic E-state index is 3.33. The smallest absolute Gasteiger partial charge is 0.00143 e. The summed E-state index contributed by atoms with van der Waals surface area (Å²) in [6.07, 6.45) is 6.17. The molecule has 0 radical (unpaired) electrons. The second kappa shape index (κ2) is 8.31. The minimum atomic E-state index is 0.770. The fraction of sp³-hybridized carbons (Fsp3) is 0.833. The lowest BCUT2D eigenvalue weighted by molar-refractivity contribution is 0.597. The molecule has 1 heteroatoms. The van der Waals surface area contributed by atoms with E-state index in [1.165, 1.54) is 19.3 Å². The molecule has 0 rings (SSSR count). The average Bonchev–Trinajstić information content (AvgIpc) is 2.12. The van der Waals surface area contributed by atoms with Crippen LogP contribution in [0, 0.1) is 5.92 Å². The van der Waals surface area contributed by atoms with Gasteiger partial charge in [-0.2, -0.15) is 0 Å². The van der Waals surface area contributed by atoms with Gasteiger partial charge in [0.1, 0.15) is 0 Å².